The average Bonchev–Trinajstić information content (AvgIpc) is 3.08. The van der Waals surface area contributed by atoms with Crippen molar-refractivity contribution in [3.8, 4) is 5.75 Å². The molecule has 2 saturated heterocycles. The van der Waals surface area contributed by atoms with Gasteiger partial charge < -0.3 is 10.1 Å². The molecule has 38 heavy (non-hydrogen) atoms. The predicted octanol–water partition coefficient (Wildman–Crippen LogP) is 4.87. The molecule has 4 atom stereocenters. The van der Waals surface area contributed by atoms with Gasteiger partial charge in [-0.2, -0.15) is 0 Å². The van der Waals surface area contributed by atoms with Crippen LogP contribution >= 0.6 is 0 Å². The summed E-state index contributed by atoms with van der Waals surface area (Å²) in [4.78, 5) is 2.71. The number of nitrogens with zero attached hydrogens (tertiary/aromatic N) is 2. The number of hydrogen-bond acceptors (Lipinski definition) is 5. The van der Waals surface area contributed by atoms with Gasteiger partial charge in [-0.1, -0.05) is 67.1 Å². The highest BCUT2D eigenvalue weighted by atomic mass is 32.2. The second kappa shape index (κ2) is 11.5. The van der Waals surface area contributed by atoms with Crippen molar-refractivity contribution in [1.82, 2.24) is 10.2 Å². The van der Waals surface area contributed by atoms with Gasteiger partial charge in [-0.05, 0) is 54.6 Å². The molecular weight excluding hydrogens is 494 g/mol. The summed E-state index contributed by atoms with van der Waals surface area (Å²) in [5.74, 6) is 1.58. The molecule has 2 heterocycles. The van der Waals surface area contributed by atoms with Crippen molar-refractivity contribution in [3.63, 3.8) is 0 Å². The lowest BCUT2D eigenvalue weighted by Crippen LogP contribution is -2.48. The van der Waals surface area contributed by atoms with Crippen molar-refractivity contribution >= 4 is 15.7 Å². The van der Waals surface area contributed by atoms with E-state index in [2.05, 4.69) is 70.9 Å². The fourth-order valence-electron chi connectivity index (χ4n) is 6.41. The van der Waals surface area contributed by atoms with E-state index in [0.29, 0.717) is 30.2 Å². The van der Waals surface area contributed by atoms with Crippen LogP contribution in [0.25, 0.3) is 0 Å². The lowest BCUT2D eigenvalue weighted by atomic mass is 9.79. The molecule has 0 aliphatic carbocycles. The molecule has 3 aromatic rings. The Morgan fingerprint density at radius 1 is 1.00 bits per heavy atom. The van der Waals surface area contributed by atoms with E-state index in [-0.39, 0.29) is 5.92 Å². The number of hydrogen-bond donors (Lipinski definition) is 1. The Labute approximate surface area is 227 Å². The minimum atomic E-state index is -3.35. The highest BCUT2D eigenvalue weighted by molar-refractivity contribution is 7.92. The molecule has 2 aliphatic rings. The average molecular weight is 534 g/mol. The largest absolute Gasteiger partial charge is 0.496 e. The van der Waals surface area contributed by atoms with E-state index in [1.54, 1.807) is 20.2 Å². The van der Waals surface area contributed by atoms with Crippen LogP contribution in [0.3, 0.4) is 0 Å². The number of nitrogens with one attached hydrogen (secondary N) is 1. The molecule has 0 amide bonds. The number of sulfonamides is 1. The summed E-state index contributed by atoms with van der Waals surface area (Å²) in [6.45, 7) is 2.83. The Morgan fingerprint density at radius 2 is 1.66 bits per heavy atom. The Morgan fingerprint density at radius 3 is 2.26 bits per heavy atom. The molecule has 1 N–H and O–H groups in total. The zero-order valence-electron chi connectivity index (χ0n) is 22.6. The lowest BCUT2D eigenvalue weighted by Gasteiger charge is -2.38. The van der Waals surface area contributed by atoms with Crippen molar-refractivity contribution in [3.05, 3.63) is 95.6 Å². The molecule has 2 fully saturated rings. The van der Waals surface area contributed by atoms with Crippen molar-refractivity contribution < 1.29 is 13.2 Å². The minimum absolute atomic E-state index is 0.252. The van der Waals surface area contributed by atoms with Crippen molar-refractivity contribution in [1.29, 1.82) is 0 Å². The van der Waals surface area contributed by atoms with Crippen LogP contribution in [0.1, 0.15) is 41.9 Å². The second-order valence-corrected chi connectivity index (χ2v) is 12.7. The van der Waals surface area contributed by atoms with Gasteiger partial charge in [-0.25, -0.2) is 8.42 Å². The quantitative estimate of drug-likeness (QED) is 0.426. The molecule has 0 radical (unpaired) electrons. The van der Waals surface area contributed by atoms with Gasteiger partial charge in [0.2, 0.25) is 10.0 Å². The highest BCUT2D eigenvalue weighted by Crippen LogP contribution is 2.42. The number of ether oxygens (including phenoxy) is 1. The van der Waals surface area contributed by atoms with Crippen molar-refractivity contribution in [2.45, 2.75) is 43.8 Å². The maximum Gasteiger partial charge on any atom is 0.231 e. The molecule has 0 aromatic heterocycles. The summed E-state index contributed by atoms with van der Waals surface area (Å²) < 4.78 is 31.4. The summed E-state index contributed by atoms with van der Waals surface area (Å²) in [6, 6.07) is 28.0. The maximum atomic E-state index is 12.2. The Kier molecular flexibility index (Phi) is 8.07. The number of rotatable bonds is 9. The second-order valence-electron chi connectivity index (χ2n) is 10.7. The van der Waals surface area contributed by atoms with Crippen LogP contribution in [0.15, 0.2) is 78.9 Å². The Balaban J connectivity index is 1.49. The number of benzene rings is 3. The fraction of sp³-hybridized carbons (Fsp3) is 0.419. The van der Waals surface area contributed by atoms with E-state index >= 15 is 0 Å². The summed E-state index contributed by atoms with van der Waals surface area (Å²) in [6.07, 6.45) is 4.94. The summed E-state index contributed by atoms with van der Waals surface area (Å²) in [5, 5.41) is 3.96. The number of methoxy groups -OCH3 is 1. The Hall–Kier alpha value is -2.87. The molecule has 0 saturated carbocycles. The van der Waals surface area contributed by atoms with Gasteiger partial charge in [0.25, 0.3) is 0 Å². The third kappa shape index (κ3) is 5.60. The van der Waals surface area contributed by atoms with Crippen molar-refractivity contribution in [2.75, 3.05) is 37.8 Å². The van der Waals surface area contributed by atoms with E-state index in [1.807, 2.05) is 12.1 Å². The standard InChI is InChI=1S/C31H39N3O3S/c1-33(38(3,35)36)27-17-18-28(37-2)26(20-27)21-32-30-25-16-10-11-19-34(22-25)31(30)29(23-12-6-4-7-13-23)24-14-8-5-9-15-24/h4-9,12-15,17-18,20,25,29-32H,10-11,16,19,21-22H2,1-3H3. The van der Waals surface area contributed by atoms with E-state index in [9.17, 15) is 8.42 Å². The van der Waals surface area contributed by atoms with Gasteiger partial charge in [0.05, 0.1) is 19.1 Å². The topological polar surface area (TPSA) is 61.9 Å². The SMILES string of the molecule is COc1ccc(N(C)S(C)(=O)=O)cc1CNC1C2CCCCN(C2)C1C(c1ccccc1)c1ccccc1. The fourth-order valence-corrected chi connectivity index (χ4v) is 6.90. The van der Waals surface area contributed by atoms with E-state index in [0.717, 1.165) is 24.4 Å². The van der Waals surface area contributed by atoms with E-state index in [1.165, 1.54) is 41.0 Å². The van der Waals surface area contributed by atoms with Crippen LogP contribution in [0.4, 0.5) is 5.69 Å². The molecule has 7 heteroatoms. The van der Waals surface area contributed by atoms with Crippen LogP contribution in [0, 0.1) is 5.92 Å². The molecular formula is C31H39N3O3S. The lowest BCUT2D eigenvalue weighted by molar-refractivity contribution is 0.208. The highest BCUT2D eigenvalue weighted by Gasteiger charge is 2.46. The first kappa shape index (κ1) is 26.7. The van der Waals surface area contributed by atoms with Gasteiger partial charge in [0, 0.05) is 43.7 Å². The zero-order valence-corrected chi connectivity index (χ0v) is 23.4. The summed E-state index contributed by atoms with van der Waals surface area (Å²) in [5.41, 5.74) is 4.29. The molecule has 4 unspecified atom stereocenters. The smallest absolute Gasteiger partial charge is 0.231 e. The van der Waals surface area contributed by atoms with Crippen molar-refractivity contribution in [2.24, 2.45) is 5.92 Å². The normalized spacial score (nSPS) is 23.3. The van der Waals surface area contributed by atoms with Crippen LogP contribution in [0.5, 0.6) is 5.75 Å². The number of fused-ring (bicyclic) bond motifs is 2. The van der Waals surface area contributed by atoms with Crippen LogP contribution in [-0.2, 0) is 16.6 Å². The molecule has 5 rings (SSSR count). The number of anilines is 1. The molecule has 202 valence electrons. The molecule has 0 spiro atoms. The first-order chi connectivity index (χ1) is 18.4. The monoisotopic (exact) mass is 533 g/mol. The van der Waals surface area contributed by atoms with E-state index in [4.69, 9.17) is 4.74 Å². The maximum absolute atomic E-state index is 12.2. The van der Waals surface area contributed by atoms with Crippen LogP contribution in [-0.4, -0.2) is 58.9 Å². The summed E-state index contributed by atoms with van der Waals surface area (Å²) in [7, 11) is -0.0981. The first-order valence-electron chi connectivity index (χ1n) is 13.5. The third-order valence-electron chi connectivity index (χ3n) is 8.35. The van der Waals surface area contributed by atoms with Gasteiger partial charge in [0.15, 0.2) is 0 Å². The van der Waals surface area contributed by atoms with Gasteiger partial charge in [0.1, 0.15) is 5.75 Å². The molecule has 3 aromatic carbocycles. The zero-order chi connectivity index (χ0) is 26.7. The first-order valence-corrected chi connectivity index (χ1v) is 15.4. The van der Waals surface area contributed by atoms with Gasteiger partial charge in [-0.15, -0.1) is 0 Å². The van der Waals surface area contributed by atoms with Crippen LogP contribution in [0.2, 0.25) is 0 Å². The molecule has 2 bridgehead atoms. The molecule has 2 aliphatic heterocycles. The summed E-state index contributed by atoms with van der Waals surface area (Å²) >= 11 is 0. The van der Waals surface area contributed by atoms with Crippen LogP contribution < -0.4 is 14.4 Å². The van der Waals surface area contributed by atoms with Gasteiger partial charge >= 0.3 is 0 Å². The Bertz CT molecular complexity index is 1280. The van der Waals surface area contributed by atoms with E-state index < -0.39 is 10.0 Å². The third-order valence-corrected chi connectivity index (χ3v) is 9.55. The molecule has 6 nitrogen and oxygen atoms in total. The predicted molar refractivity (Wildman–Crippen MR) is 154 cm³/mol. The minimum Gasteiger partial charge on any atom is -0.496 e. The van der Waals surface area contributed by atoms with Gasteiger partial charge in [-0.3, -0.25) is 9.21 Å².